The first kappa shape index (κ1) is 12.5. The first-order valence-electron chi connectivity index (χ1n) is 6.45. The summed E-state index contributed by atoms with van der Waals surface area (Å²) in [6.07, 6.45) is 3.71. The van der Waals surface area contributed by atoms with E-state index in [0.717, 1.165) is 24.2 Å². The van der Waals surface area contributed by atoms with Gasteiger partial charge in [0.25, 0.3) is 0 Å². The zero-order valence-corrected chi connectivity index (χ0v) is 10.5. The second kappa shape index (κ2) is 5.61. The van der Waals surface area contributed by atoms with Gasteiger partial charge >= 0.3 is 0 Å². The summed E-state index contributed by atoms with van der Waals surface area (Å²) < 4.78 is 13.4. The summed E-state index contributed by atoms with van der Waals surface area (Å²) in [5, 5.41) is 0. The van der Waals surface area contributed by atoms with Crippen molar-refractivity contribution in [3.8, 4) is 0 Å². The third kappa shape index (κ3) is 3.05. The smallest absolute Gasteiger partial charge is 0.123 e. The molecule has 0 spiro atoms. The van der Waals surface area contributed by atoms with Crippen molar-refractivity contribution in [2.45, 2.75) is 45.3 Å². The summed E-state index contributed by atoms with van der Waals surface area (Å²) >= 11 is 0. The Labute approximate surface area is 103 Å². The molecule has 2 N–H and O–H groups in total. The maximum absolute atomic E-state index is 13.4. The molecule has 1 atom stereocenters. The molecule has 0 saturated carbocycles. The van der Waals surface area contributed by atoms with E-state index in [0.29, 0.717) is 12.6 Å². The van der Waals surface area contributed by atoms with Crippen molar-refractivity contribution in [3.05, 3.63) is 35.1 Å². The summed E-state index contributed by atoms with van der Waals surface area (Å²) in [7, 11) is 0. The lowest BCUT2D eigenvalue weighted by Crippen LogP contribution is -2.28. The van der Waals surface area contributed by atoms with Crippen molar-refractivity contribution in [3.63, 3.8) is 0 Å². The summed E-state index contributed by atoms with van der Waals surface area (Å²) in [6.45, 7) is 4.61. The Balaban J connectivity index is 2.09. The monoisotopic (exact) mass is 236 g/mol. The van der Waals surface area contributed by atoms with Gasteiger partial charge in [-0.05, 0) is 49.1 Å². The van der Waals surface area contributed by atoms with Crippen LogP contribution in [-0.4, -0.2) is 17.5 Å². The molecule has 2 nitrogen and oxygen atoms in total. The quantitative estimate of drug-likeness (QED) is 0.871. The fraction of sp³-hybridized carbons (Fsp3) is 0.571. The van der Waals surface area contributed by atoms with Crippen LogP contribution in [0.5, 0.6) is 0 Å². The second-order valence-corrected chi connectivity index (χ2v) is 4.85. The van der Waals surface area contributed by atoms with Crippen LogP contribution in [0.25, 0.3) is 0 Å². The number of nitrogens with two attached hydrogens (primary N) is 1. The zero-order valence-electron chi connectivity index (χ0n) is 10.5. The Bertz CT molecular complexity index is 378. The van der Waals surface area contributed by atoms with Gasteiger partial charge in [0, 0.05) is 19.1 Å². The van der Waals surface area contributed by atoms with Crippen LogP contribution < -0.4 is 5.73 Å². The van der Waals surface area contributed by atoms with E-state index < -0.39 is 0 Å². The molecule has 1 aliphatic heterocycles. The molecule has 0 radical (unpaired) electrons. The fourth-order valence-corrected chi connectivity index (χ4v) is 2.73. The average molecular weight is 236 g/mol. The van der Waals surface area contributed by atoms with Gasteiger partial charge in [-0.3, -0.25) is 4.90 Å². The van der Waals surface area contributed by atoms with Crippen molar-refractivity contribution in [2.24, 2.45) is 5.73 Å². The number of rotatable bonds is 4. The minimum Gasteiger partial charge on any atom is -0.326 e. The number of nitrogens with zero attached hydrogens (tertiary/aromatic N) is 1. The van der Waals surface area contributed by atoms with Gasteiger partial charge < -0.3 is 5.73 Å². The third-order valence-electron chi connectivity index (χ3n) is 3.61. The topological polar surface area (TPSA) is 29.3 Å². The van der Waals surface area contributed by atoms with Crippen LogP contribution in [0.15, 0.2) is 18.2 Å². The van der Waals surface area contributed by atoms with Gasteiger partial charge in [0.2, 0.25) is 0 Å². The Hall–Kier alpha value is -0.930. The van der Waals surface area contributed by atoms with Crippen LogP contribution in [-0.2, 0) is 13.1 Å². The number of hydrogen-bond acceptors (Lipinski definition) is 2. The molecule has 1 heterocycles. The number of likely N-dealkylation sites (tertiary alicyclic amines) is 1. The van der Waals surface area contributed by atoms with Crippen LogP contribution in [0.3, 0.4) is 0 Å². The molecule has 1 saturated heterocycles. The van der Waals surface area contributed by atoms with E-state index in [9.17, 15) is 4.39 Å². The van der Waals surface area contributed by atoms with Crippen molar-refractivity contribution in [1.82, 2.24) is 4.90 Å². The number of halogens is 1. The highest BCUT2D eigenvalue weighted by atomic mass is 19.1. The van der Waals surface area contributed by atoms with Crippen LogP contribution >= 0.6 is 0 Å². The van der Waals surface area contributed by atoms with Gasteiger partial charge in [-0.2, -0.15) is 0 Å². The fourth-order valence-electron chi connectivity index (χ4n) is 2.73. The van der Waals surface area contributed by atoms with E-state index in [-0.39, 0.29) is 5.82 Å². The lowest BCUT2D eigenvalue weighted by molar-refractivity contribution is 0.239. The molecule has 3 heteroatoms. The van der Waals surface area contributed by atoms with E-state index >= 15 is 0 Å². The Morgan fingerprint density at radius 2 is 2.12 bits per heavy atom. The Morgan fingerprint density at radius 3 is 2.82 bits per heavy atom. The molecule has 0 aliphatic carbocycles. The van der Waals surface area contributed by atoms with Crippen LogP contribution in [0.4, 0.5) is 4.39 Å². The lowest BCUT2D eigenvalue weighted by Gasteiger charge is -2.23. The zero-order chi connectivity index (χ0) is 12.3. The van der Waals surface area contributed by atoms with Crippen LogP contribution in [0.1, 0.15) is 37.3 Å². The molecular weight excluding hydrogens is 215 g/mol. The summed E-state index contributed by atoms with van der Waals surface area (Å²) in [6, 6.07) is 5.84. The van der Waals surface area contributed by atoms with Gasteiger partial charge in [-0.25, -0.2) is 4.39 Å². The minimum absolute atomic E-state index is 0.171. The SMILES string of the molecule is CCC1CCCN1Cc1cc(F)cc(CN)c1. The standard InChI is InChI=1S/C14H21FN2/c1-2-14-4-3-5-17(14)10-12-6-11(9-16)7-13(15)8-12/h6-8,14H,2-5,9-10,16H2,1H3. The predicted molar refractivity (Wildman–Crippen MR) is 68.0 cm³/mol. The highest BCUT2D eigenvalue weighted by molar-refractivity contribution is 5.24. The molecule has 94 valence electrons. The summed E-state index contributed by atoms with van der Waals surface area (Å²) in [5.74, 6) is -0.171. The molecule has 1 fully saturated rings. The first-order valence-corrected chi connectivity index (χ1v) is 6.45. The number of benzene rings is 1. The molecule has 1 aliphatic rings. The summed E-state index contributed by atoms with van der Waals surface area (Å²) in [4.78, 5) is 2.45. The maximum atomic E-state index is 13.4. The van der Waals surface area contributed by atoms with Gasteiger partial charge in [-0.15, -0.1) is 0 Å². The van der Waals surface area contributed by atoms with E-state index in [1.165, 1.54) is 25.3 Å². The predicted octanol–water partition coefficient (Wildman–Crippen LogP) is 2.66. The maximum Gasteiger partial charge on any atom is 0.123 e. The highest BCUT2D eigenvalue weighted by Gasteiger charge is 2.22. The minimum atomic E-state index is -0.171. The first-order chi connectivity index (χ1) is 8.22. The second-order valence-electron chi connectivity index (χ2n) is 4.85. The van der Waals surface area contributed by atoms with E-state index in [4.69, 9.17) is 5.73 Å². The Morgan fingerprint density at radius 1 is 1.35 bits per heavy atom. The van der Waals surface area contributed by atoms with Gasteiger partial charge in [-0.1, -0.05) is 13.0 Å². The largest absolute Gasteiger partial charge is 0.326 e. The molecule has 1 aromatic rings. The summed E-state index contributed by atoms with van der Waals surface area (Å²) in [5.41, 5.74) is 7.50. The molecule has 17 heavy (non-hydrogen) atoms. The van der Waals surface area contributed by atoms with Crippen molar-refractivity contribution >= 4 is 0 Å². The van der Waals surface area contributed by atoms with Crippen molar-refractivity contribution in [1.29, 1.82) is 0 Å². The van der Waals surface area contributed by atoms with Crippen LogP contribution in [0, 0.1) is 5.82 Å². The molecular formula is C14H21FN2. The molecule has 0 aromatic heterocycles. The lowest BCUT2D eigenvalue weighted by atomic mass is 10.1. The van der Waals surface area contributed by atoms with E-state index in [1.807, 2.05) is 6.07 Å². The van der Waals surface area contributed by atoms with Gasteiger partial charge in [0.05, 0.1) is 0 Å². The van der Waals surface area contributed by atoms with Crippen molar-refractivity contribution in [2.75, 3.05) is 6.54 Å². The van der Waals surface area contributed by atoms with Crippen LogP contribution in [0.2, 0.25) is 0 Å². The van der Waals surface area contributed by atoms with E-state index in [2.05, 4.69) is 11.8 Å². The normalized spacial score (nSPS) is 21.0. The highest BCUT2D eigenvalue weighted by Crippen LogP contribution is 2.22. The molecule has 2 rings (SSSR count). The molecule has 1 aromatic carbocycles. The van der Waals surface area contributed by atoms with Crippen molar-refractivity contribution < 1.29 is 4.39 Å². The molecule has 1 unspecified atom stereocenters. The molecule has 0 bridgehead atoms. The third-order valence-corrected chi connectivity index (χ3v) is 3.61. The van der Waals surface area contributed by atoms with Gasteiger partial charge in [0.1, 0.15) is 5.82 Å². The average Bonchev–Trinajstić information content (AvgIpc) is 2.75. The van der Waals surface area contributed by atoms with E-state index in [1.54, 1.807) is 6.07 Å². The number of hydrogen-bond donors (Lipinski definition) is 1. The Kier molecular flexibility index (Phi) is 4.13. The molecule has 0 amide bonds. The van der Waals surface area contributed by atoms with Gasteiger partial charge in [0.15, 0.2) is 0 Å².